The lowest BCUT2D eigenvalue weighted by molar-refractivity contribution is 0.111. The number of hydrogen-bond donors (Lipinski definition) is 0. The molecule has 2 unspecified atom stereocenters. The Kier molecular flexibility index (Phi) is 4.71. The third kappa shape index (κ3) is 3.97. The van der Waals surface area contributed by atoms with E-state index in [1.807, 2.05) is 24.3 Å². The second-order valence-electron chi connectivity index (χ2n) is 5.67. The Balaban J connectivity index is 1.52. The van der Waals surface area contributed by atoms with Gasteiger partial charge in [-0.2, -0.15) is 0 Å². The molecule has 1 saturated carbocycles. The molecule has 4 heteroatoms. The van der Waals surface area contributed by atoms with E-state index in [9.17, 15) is 9.59 Å². The maximum absolute atomic E-state index is 10.6. The standard InChI is InChI=1S/C19H18O4/c20-12-14-1-5-16(6-2-14)22-18-9-10-19(11-18)23-17-7-3-15(13-21)4-8-17/h1-8,12-13,18-19H,9-11H2. The van der Waals surface area contributed by atoms with Crippen LogP contribution < -0.4 is 9.47 Å². The van der Waals surface area contributed by atoms with Crippen LogP contribution in [0.1, 0.15) is 40.0 Å². The van der Waals surface area contributed by atoms with Crippen LogP contribution in [-0.4, -0.2) is 24.8 Å². The minimum absolute atomic E-state index is 0.122. The van der Waals surface area contributed by atoms with Gasteiger partial charge in [0.15, 0.2) is 0 Å². The van der Waals surface area contributed by atoms with Gasteiger partial charge in [0.25, 0.3) is 0 Å². The quantitative estimate of drug-likeness (QED) is 0.764. The van der Waals surface area contributed by atoms with Crippen molar-refractivity contribution in [3.05, 3.63) is 59.7 Å². The Labute approximate surface area is 135 Å². The first kappa shape index (κ1) is 15.3. The number of carbonyl (C=O) groups is 2. The first-order valence-corrected chi connectivity index (χ1v) is 7.70. The van der Waals surface area contributed by atoms with Crippen molar-refractivity contribution in [2.24, 2.45) is 0 Å². The van der Waals surface area contributed by atoms with Crippen LogP contribution in [0.3, 0.4) is 0 Å². The molecule has 2 atom stereocenters. The molecule has 0 heterocycles. The van der Waals surface area contributed by atoms with Gasteiger partial charge in [0.1, 0.15) is 36.3 Å². The SMILES string of the molecule is O=Cc1ccc(OC2CCC(Oc3ccc(C=O)cc3)C2)cc1. The van der Waals surface area contributed by atoms with E-state index in [1.54, 1.807) is 24.3 Å². The zero-order valence-electron chi connectivity index (χ0n) is 12.7. The van der Waals surface area contributed by atoms with E-state index < -0.39 is 0 Å². The van der Waals surface area contributed by atoms with E-state index in [-0.39, 0.29) is 12.2 Å². The van der Waals surface area contributed by atoms with Crippen LogP contribution in [0.2, 0.25) is 0 Å². The summed E-state index contributed by atoms with van der Waals surface area (Å²) >= 11 is 0. The summed E-state index contributed by atoms with van der Waals surface area (Å²) in [6.07, 6.45) is 4.58. The smallest absolute Gasteiger partial charge is 0.150 e. The highest BCUT2D eigenvalue weighted by molar-refractivity contribution is 5.75. The van der Waals surface area contributed by atoms with Gasteiger partial charge in [-0.15, -0.1) is 0 Å². The van der Waals surface area contributed by atoms with Crippen molar-refractivity contribution in [2.45, 2.75) is 31.5 Å². The Morgan fingerprint density at radius 3 is 1.43 bits per heavy atom. The summed E-state index contributed by atoms with van der Waals surface area (Å²) in [6, 6.07) is 14.3. The number of benzene rings is 2. The summed E-state index contributed by atoms with van der Waals surface area (Å²) in [5.41, 5.74) is 1.28. The van der Waals surface area contributed by atoms with E-state index in [2.05, 4.69) is 0 Å². The van der Waals surface area contributed by atoms with Gasteiger partial charge >= 0.3 is 0 Å². The fraction of sp³-hybridized carbons (Fsp3) is 0.263. The van der Waals surface area contributed by atoms with E-state index in [1.165, 1.54) is 0 Å². The molecule has 1 aliphatic carbocycles. The summed E-state index contributed by atoms with van der Waals surface area (Å²) in [4.78, 5) is 21.3. The van der Waals surface area contributed by atoms with Gasteiger partial charge in [0.05, 0.1) is 0 Å². The molecule has 1 aliphatic rings. The van der Waals surface area contributed by atoms with Crippen LogP contribution in [0.15, 0.2) is 48.5 Å². The molecule has 0 bridgehead atoms. The van der Waals surface area contributed by atoms with E-state index in [4.69, 9.17) is 9.47 Å². The van der Waals surface area contributed by atoms with Crippen LogP contribution in [0.25, 0.3) is 0 Å². The third-order valence-corrected chi connectivity index (χ3v) is 3.97. The molecule has 0 aliphatic heterocycles. The monoisotopic (exact) mass is 310 g/mol. The average molecular weight is 310 g/mol. The number of rotatable bonds is 6. The van der Waals surface area contributed by atoms with E-state index >= 15 is 0 Å². The van der Waals surface area contributed by atoms with Crippen molar-refractivity contribution in [2.75, 3.05) is 0 Å². The average Bonchev–Trinajstić information content (AvgIpc) is 3.03. The highest BCUT2D eigenvalue weighted by atomic mass is 16.5. The zero-order chi connectivity index (χ0) is 16.1. The molecule has 0 radical (unpaired) electrons. The number of hydrogen-bond acceptors (Lipinski definition) is 4. The maximum Gasteiger partial charge on any atom is 0.150 e. The molecule has 0 aromatic heterocycles. The van der Waals surface area contributed by atoms with Gasteiger partial charge in [-0.3, -0.25) is 9.59 Å². The predicted octanol–water partition coefficient (Wildman–Crippen LogP) is 3.69. The minimum atomic E-state index is 0.122. The van der Waals surface area contributed by atoms with Crippen LogP contribution in [0.5, 0.6) is 11.5 Å². The summed E-state index contributed by atoms with van der Waals surface area (Å²) in [5.74, 6) is 1.55. The fourth-order valence-corrected chi connectivity index (χ4v) is 2.75. The van der Waals surface area contributed by atoms with Crippen molar-refractivity contribution in [1.82, 2.24) is 0 Å². The molecule has 23 heavy (non-hydrogen) atoms. The van der Waals surface area contributed by atoms with Crippen LogP contribution >= 0.6 is 0 Å². The lowest BCUT2D eigenvalue weighted by Crippen LogP contribution is -2.17. The van der Waals surface area contributed by atoms with Crippen molar-refractivity contribution in [1.29, 1.82) is 0 Å². The third-order valence-electron chi connectivity index (χ3n) is 3.97. The molecule has 2 aromatic rings. The summed E-state index contributed by atoms with van der Waals surface area (Å²) in [7, 11) is 0. The summed E-state index contributed by atoms with van der Waals surface area (Å²) < 4.78 is 11.9. The molecule has 0 spiro atoms. The Bertz CT molecular complexity index is 601. The molecule has 4 nitrogen and oxygen atoms in total. The Morgan fingerprint density at radius 2 is 1.09 bits per heavy atom. The molecule has 0 amide bonds. The van der Waals surface area contributed by atoms with E-state index in [0.29, 0.717) is 11.1 Å². The number of aldehydes is 2. The Morgan fingerprint density at radius 1 is 0.696 bits per heavy atom. The first-order chi connectivity index (χ1) is 11.3. The molecule has 118 valence electrons. The minimum Gasteiger partial charge on any atom is -0.490 e. The molecule has 1 fully saturated rings. The van der Waals surface area contributed by atoms with Crippen molar-refractivity contribution < 1.29 is 19.1 Å². The van der Waals surface area contributed by atoms with Gasteiger partial charge < -0.3 is 9.47 Å². The highest BCUT2D eigenvalue weighted by Gasteiger charge is 2.27. The largest absolute Gasteiger partial charge is 0.490 e. The van der Waals surface area contributed by atoms with Crippen LogP contribution in [-0.2, 0) is 0 Å². The van der Waals surface area contributed by atoms with Crippen molar-refractivity contribution >= 4 is 12.6 Å². The summed E-state index contributed by atoms with van der Waals surface area (Å²) in [5, 5.41) is 0. The number of carbonyl (C=O) groups excluding carboxylic acids is 2. The van der Waals surface area contributed by atoms with Gasteiger partial charge in [0.2, 0.25) is 0 Å². The first-order valence-electron chi connectivity index (χ1n) is 7.70. The molecule has 3 rings (SSSR count). The van der Waals surface area contributed by atoms with E-state index in [0.717, 1.165) is 43.3 Å². The van der Waals surface area contributed by atoms with Crippen LogP contribution in [0.4, 0.5) is 0 Å². The predicted molar refractivity (Wildman–Crippen MR) is 86.3 cm³/mol. The van der Waals surface area contributed by atoms with Gasteiger partial charge in [0, 0.05) is 17.5 Å². The second-order valence-corrected chi connectivity index (χ2v) is 5.67. The lowest BCUT2D eigenvalue weighted by Gasteiger charge is -2.15. The highest BCUT2D eigenvalue weighted by Crippen LogP contribution is 2.28. The molecular weight excluding hydrogens is 292 g/mol. The van der Waals surface area contributed by atoms with Gasteiger partial charge in [-0.25, -0.2) is 0 Å². The molecule has 0 saturated heterocycles. The molecule has 0 N–H and O–H groups in total. The zero-order valence-corrected chi connectivity index (χ0v) is 12.7. The normalized spacial score (nSPS) is 20.0. The fourth-order valence-electron chi connectivity index (χ4n) is 2.75. The molecular formula is C19H18O4. The molecule has 2 aromatic carbocycles. The Hall–Kier alpha value is -2.62. The summed E-state index contributed by atoms with van der Waals surface area (Å²) in [6.45, 7) is 0. The topological polar surface area (TPSA) is 52.6 Å². The van der Waals surface area contributed by atoms with Crippen molar-refractivity contribution in [3.8, 4) is 11.5 Å². The number of ether oxygens (including phenoxy) is 2. The maximum atomic E-state index is 10.6. The van der Waals surface area contributed by atoms with Crippen LogP contribution in [0, 0.1) is 0 Å². The van der Waals surface area contributed by atoms with Gasteiger partial charge in [-0.05, 0) is 61.4 Å². The second kappa shape index (κ2) is 7.09. The van der Waals surface area contributed by atoms with Gasteiger partial charge in [-0.1, -0.05) is 0 Å². The van der Waals surface area contributed by atoms with Crippen molar-refractivity contribution in [3.63, 3.8) is 0 Å². The lowest BCUT2D eigenvalue weighted by atomic mass is 10.2.